The van der Waals surface area contributed by atoms with Crippen molar-refractivity contribution in [3.05, 3.63) is 75.8 Å². The minimum atomic E-state index is -0.764. The van der Waals surface area contributed by atoms with Gasteiger partial charge < -0.3 is 10.2 Å². The van der Waals surface area contributed by atoms with Gasteiger partial charge in [0.25, 0.3) is 5.91 Å². The molecule has 34 heavy (non-hydrogen) atoms. The van der Waals surface area contributed by atoms with Gasteiger partial charge in [-0.15, -0.1) is 0 Å². The maximum Gasteiger partial charge on any atom is 0.259 e. The number of carbonyl (C=O) groups excluding carboxylic acids is 3. The third-order valence-corrected chi connectivity index (χ3v) is 6.62. The first kappa shape index (κ1) is 24.0. The van der Waals surface area contributed by atoms with Crippen molar-refractivity contribution in [1.82, 2.24) is 10.2 Å². The number of hydrogen-bond donors (Lipinski definition) is 1. The van der Waals surface area contributed by atoms with Gasteiger partial charge in [0.2, 0.25) is 11.8 Å². The van der Waals surface area contributed by atoms with Crippen molar-refractivity contribution in [3.8, 4) is 0 Å². The summed E-state index contributed by atoms with van der Waals surface area (Å²) in [5, 5.41) is 5.40. The predicted octanol–water partition coefficient (Wildman–Crippen LogP) is 5.05. The summed E-state index contributed by atoms with van der Waals surface area (Å²) in [6.07, 6.45) is 0. The van der Waals surface area contributed by atoms with E-state index in [0.29, 0.717) is 21.3 Å². The van der Waals surface area contributed by atoms with Crippen LogP contribution < -0.4 is 10.2 Å². The molecule has 0 bridgehead atoms. The maximum absolute atomic E-state index is 13.6. The average Bonchev–Trinajstić information content (AvgIpc) is 3.06. The van der Waals surface area contributed by atoms with Crippen LogP contribution in [-0.2, 0) is 16.1 Å². The molecule has 1 unspecified atom stereocenters. The van der Waals surface area contributed by atoms with Gasteiger partial charge in [-0.1, -0.05) is 53.5 Å². The van der Waals surface area contributed by atoms with Crippen LogP contribution in [0, 0.1) is 0 Å². The topological polar surface area (TPSA) is 69.7 Å². The molecule has 0 aromatic heterocycles. The van der Waals surface area contributed by atoms with Crippen LogP contribution >= 0.6 is 23.2 Å². The van der Waals surface area contributed by atoms with E-state index in [0.717, 1.165) is 16.3 Å². The lowest BCUT2D eigenvalue weighted by Crippen LogP contribution is -2.51. The van der Waals surface area contributed by atoms with Crippen LogP contribution in [-0.4, -0.2) is 41.2 Å². The van der Waals surface area contributed by atoms with Crippen molar-refractivity contribution in [2.75, 3.05) is 11.4 Å². The molecular formula is C26H25Cl2N3O3. The van der Waals surface area contributed by atoms with Crippen molar-refractivity contribution in [2.24, 2.45) is 0 Å². The van der Waals surface area contributed by atoms with Crippen molar-refractivity contribution in [2.45, 2.75) is 39.4 Å². The van der Waals surface area contributed by atoms with Gasteiger partial charge >= 0.3 is 0 Å². The van der Waals surface area contributed by atoms with E-state index in [2.05, 4.69) is 5.32 Å². The molecule has 0 saturated heterocycles. The Hall–Kier alpha value is -3.09. The molecule has 1 atom stereocenters. The summed E-state index contributed by atoms with van der Waals surface area (Å²) in [6, 6.07) is 15.4. The van der Waals surface area contributed by atoms with Crippen molar-refractivity contribution >= 4 is 57.4 Å². The number of benzene rings is 3. The molecule has 1 aliphatic rings. The number of nitrogens with one attached hydrogen (secondary N) is 1. The Kier molecular flexibility index (Phi) is 6.82. The standard InChI is InChI=1S/C26H25Cl2N3O3/c1-15(2)29-25(33)16(3)30(13-17-10-11-20(27)21(28)12-17)23(32)14-31-22-9-5-7-18-6-4-8-19(24(18)22)26(31)34/h4-12,15-16H,13-14H2,1-3H3,(H,29,33). The minimum absolute atomic E-state index is 0.0795. The molecule has 0 radical (unpaired) electrons. The highest BCUT2D eigenvalue weighted by Gasteiger charge is 2.34. The molecule has 1 heterocycles. The Bertz CT molecular complexity index is 1290. The number of amides is 3. The molecule has 0 fully saturated rings. The van der Waals surface area contributed by atoms with Crippen molar-refractivity contribution in [1.29, 1.82) is 0 Å². The Morgan fingerprint density at radius 1 is 1.00 bits per heavy atom. The number of rotatable bonds is 7. The van der Waals surface area contributed by atoms with Gasteiger partial charge in [-0.3, -0.25) is 19.3 Å². The number of hydrogen-bond acceptors (Lipinski definition) is 3. The SMILES string of the molecule is CC(C)NC(=O)C(C)N(Cc1ccc(Cl)c(Cl)c1)C(=O)CN1C(=O)c2cccc3cccc1c23. The van der Waals surface area contributed by atoms with E-state index < -0.39 is 6.04 Å². The van der Waals surface area contributed by atoms with Gasteiger partial charge in [-0.2, -0.15) is 0 Å². The fraction of sp³-hybridized carbons (Fsp3) is 0.269. The monoisotopic (exact) mass is 497 g/mol. The minimum Gasteiger partial charge on any atom is -0.352 e. The molecule has 3 aromatic carbocycles. The lowest BCUT2D eigenvalue weighted by molar-refractivity contribution is -0.139. The zero-order chi connectivity index (χ0) is 24.6. The van der Waals surface area contributed by atoms with Gasteiger partial charge in [0.15, 0.2) is 0 Å². The van der Waals surface area contributed by atoms with E-state index >= 15 is 0 Å². The normalized spacial score (nSPS) is 13.5. The molecule has 3 aromatic rings. The third kappa shape index (κ3) is 4.61. The lowest BCUT2D eigenvalue weighted by Gasteiger charge is -2.31. The molecule has 3 amide bonds. The van der Waals surface area contributed by atoms with E-state index in [1.165, 1.54) is 9.80 Å². The molecular weight excluding hydrogens is 473 g/mol. The Balaban J connectivity index is 1.64. The van der Waals surface area contributed by atoms with E-state index in [-0.39, 0.29) is 36.9 Å². The molecule has 8 heteroatoms. The van der Waals surface area contributed by atoms with E-state index in [9.17, 15) is 14.4 Å². The van der Waals surface area contributed by atoms with Crippen LogP contribution in [0.4, 0.5) is 5.69 Å². The van der Waals surface area contributed by atoms with Crippen LogP contribution in [0.15, 0.2) is 54.6 Å². The molecule has 1 aliphatic heterocycles. The zero-order valence-electron chi connectivity index (χ0n) is 19.1. The second-order valence-corrected chi connectivity index (χ2v) is 9.50. The third-order valence-electron chi connectivity index (χ3n) is 5.88. The van der Waals surface area contributed by atoms with E-state index in [4.69, 9.17) is 23.2 Å². The second kappa shape index (κ2) is 9.65. The molecule has 4 rings (SSSR count). The van der Waals surface area contributed by atoms with Gasteiger partial charge in [0.1, 0.15) is 12.6 Å². The predicted molar refractivity (Wildman–Crippen MR) is 135 cm³/mol. The lowest BCUT2D eigenvalue weighted by atomic mass is 10.1. The summed E-state index contributed by atoms with van der Waals surface area (Å²) < 4.78 is 0. The first-order chi connectivity index (χ1) is 16.2. The Morgan fingerprint density at radius 3 is 2.38 bits per heavy atom. The molecule has 1 N–H and O–H groups in total. The van der Waals surface area contributed by atoms with Gasteiger partial charge in [0.05, 0.1) is 15.7 Å². The van der Waals surface area contributed by atoms with Gasteiger partial charge in [-0.05, 0) is 56.0 Å². The molecule has 176 valence electrons. The Labute approximate surface area is 208 Å². The van der Waals surface area contributed by atoms with Crippen LogP contribution in [0.1, 0.15) is 36.7 Å². The van der Waals surface area contributed by atoms with E-state index in [1.54, 1.807) is 31.2 Å². The summed E-state index contributed by atoms with van der Waals surface area (Å²) >= 11 is 12.2. The first-order valence-electron chi connectivity index (χ1n) is 11.0. The number of halogens is 2. The highest BCUT2D eigenvalue weighted by molar-refractivity contribution is 6.42. The summed E-state index contributed by atoms with van der Waals surface area (Å²) in [5.74, 6) is -0.855. The Morgan fingerprint density at radius 2 is 1.71 bits per heavy atom. The van der Waals surface area contributed by atoms with Gasteiger partial charge in [0, 0.05) is 23.5 Å². The summed E-state index contributed by atoms with van der Waals surface area (Å²) in [5.41, 5.74) is 1.99. The molecule has 0 aliphatic carbocycles. The fourth-order valence-electron chi connectivity index (χ4n) is 4.18. The highest BCUT2D eigenvalue weighted by Crippen LogP contribution is 2.37. The van der Waals surface area contributed by atoms with E-state index in [1.807, 2.05) is 44.2 Å². The number of carbonyl (C=O) groups is 3. The van der Waals surface area contributed by atoms with Crippen LogP contribution in [0.5, 0.6) is 0 Å². The maximum atomic E-state index is 13.6. The van der Waals surface area contributed by atoms with Crippen LogP contribution in [0.2, 0.25) is 10.0 Å². The highest BCUT2D eigenvalue weighted by atomic mass is 35.5. The first-order valence-corrected chi connectivity index (χ1v) is 11.8. The smallest absolute Gasteiger partial charge is 0.259 e. The summed E-state index contributed by atoms with van der Waals surface area (Å²) in [4.78, 5) is 42.5. The van der Waals surface area contributed by atoms with Crippen LogP contribution in [0.3, 0.4) is 0 Å². The second-order valence-electron chi connectivity index (χ2n) is 8.68. The fourth-order valence-corrected chi connectivity index (χ4v) is 4.51. The van der Waals surface area contributed by atoms with Gasteiger partial charge in [-0.25, -0.2) is 0 Å². The largest absolute Gasteiger partial charge is 0.352 e. The number of anilines is 1. The molecule has 0 saturated carbocycles. The quantitative estimate of drug-likeness (QED) is 0.496. The van der Waals surface area contributed by atoms with Crippen molar-refractivity contribution in [3.63, 3.8) is 0 Å². The molecule has 0 spiro atoms. The summed E-state index contributed by atoms with van der Waals surface area (Å²) in [7, 11) is 0. The van der Waals surface area contributed by atoms with Crippen molar-refractivity contribution < 1.29 is 14.4 Å². The zero-order valence-corrected chi connectivity index (χ0v) is 20.7. The van der Waals surface area contributed by atoms with Crippen LogP contribution in [0.25, 0.3) is 10.8 Å². The number of nitrogens with zero attached hydrogens (tertiary/aromatic N) is 2. The molecule has 6 nitrogen and oxygen atoms in total. The average molecular weight is 498 g/mol. The summed E-state index contributed by atoms with van der Waals surface area (Å²) in [6.45, 7) is 5.34.